The van der Waals surface area contributed by atoms with Gasteiger partial charge in [-0.15, -0.1) is 0 Å². The molecule has 0 unspecified atom stereocenters. The quantitative estimate of drug-likeness (QED) is 0.322. The molecule has 4 rings (SSSR count). The first-order valence-corrected chi connectivity index (χ1v) is 10.3. The lowest BCUT2D eigenvalue weighted by Crippen LogP contribution is -2.07. The summed E-state index contributed by atoms with van der Waals surface area (Å²) in [7, 11) is 3.17. The van der Waals surface area contributed by atoms with Gasteiger partial charge in [-0.25, -0.2) is 4.39 Å². The number of rotatable bonds is 6. The number of hydrogen-bond donors (Lipinski definition) is 0. The fraction of sp³-hybridized carbons (Fsp3) is 0.125. The topological polar surface area (TPSA) is 36.3 Å². The molecule has 0 radical (unpaired) electrons. The van der Waals surface area contributed by atoms with Crippen molar-refractivity contribution in [2.75, 3.05) is 14.2 Å². The average Bonchev–Trinajstić information content (AvgIpc) is 3.11. The molecule has 0 fully saturated rings. The molecular weight excluding hydrogens is 438 g/mol. The molecule has 0 spiro atoms. The molecule has 1 heterocycles. The van der Waals surface area contributed by atoms with Crippen LogP contribution in [0.1, 0.15) is 5.56 Å². The third kappa shape index (κ3) is 3.99. The smallest absolute Gasteiger partial charge is 0.129 e. The van der Waals surface area contributed by atoms with Crippen molar-refractivity contribution in [3.8, 4) is 34.0 Å². The van der Waals surface area contributed by atoms with E-state index in [2.05, 4.69) is 0 Å². The van der Waals surface area contributed by atoms with Crippen LogP contribution in [0.25, 0.3) is 22.5 Å². The first-order valence-electron chi connectivity index (χ1n) is 9.51. The van der Waals surface area contributed by atoms with Crippen LogP contribution in [-0.2, 0) is 6.54 Å². The zero-order valence-corrected chi connectivity index (χ0v) is 18.4. The molecule has 0 N–H and O–H groups in total. The average molecular weight is 457 g/mol. The number of methoxy groups -OCH3 is 2. The van der Waals surface area contributed by atoms with Crippen molar-refractivity contribution in [1.29, 1.82) is 0 Å². The molecule has 4 aromatic rings. The number of nitrogens with zero attached hydrogens (tertiary/aromatic N) is 2. The van der Waals surface area contributed by atoms with Gasteiger partial charge in [-0.3, -0.25) is 4.68 Å². The van der Waals surface area contributed by atoms with Gasteiger partial charge in [-0.05, 0) is 36.4 Å². The fourth-order valence-corrected chi connectivity index (χ4v) is 4.06. The SMILES string of the molecule is COc1ccccc1-c1nn(Cc2c(F)cccc2Cl)c(-c2ccccc2OC)c1Cl. The van der Waals surface area contributed by atoms with Gasteiger partial charge in [0.2, 0.25) is 0 Å². The van der Waals surface area contributed by atoms with Gasteiger partial charge in [-0.1, -0.05) is 53.5 Å². The predicted octanol–water partition coefficient (Wildman–Crippen LogP) is 6.73. The van der Waals surface area contributed by atoms with E-state index in [1.54, 1.807) is 31.0 Å². The molecule has 0 aliphatic heterocycles. The fourth-order valence-electron chi connectivity index (χ4n) is 3.50. The van der Waals surface area contributed by atoms with E-state index in [9.17, 15) is 4.39 Å². The van der Waals surface area contributed by atoms with Crippen LogP contribution in [-0.4, -0.2) is 24.0 Å². The Morgan fingerprint density at radius 3 is 2.10 bits per heavy atom. The van der Waals surface area contributed by atoms with Gasteiger partial charge < -0.3 is 9.47 Å². The standard InChI is InChI=1S/C24H19Cl2FN2O2/c1-30-20-12-5-3-8-15(20)23-22(26)24(16-9-4-6-13-21(16)31-2)29(28-23)14-17-18(25)10-7-11-19(17)27/h3-13H,14H2,1-2H3. The molecule has 158 valence electrons. The second-order valence-corrected chi connectivity index (χ2v) is 7.55. The van der Waals surface area contributed by atoms with Crippen molar-refractivity contribution in [3.63, 3.8) is 0 Å². The molecule has 0 aliphatic carbocycles. The zero-order chi connectivity index (χ0) is 22.0. The summed E-state index contributed by atoms with van der Waals surface area (Å²) in [5.41, 5.74) is 2.90. The number of halogens is 3. The van der Waals surface area contributed by atoms with E-state index >= 15 is 0 Å². The van der Waals surface area contributed by atoms with Crippen LogP contribution in [0.3, 0.4) is 0 Å². The Balaban J connectivity index is 1.97. The molecule has 31 heavy (non-hydrogen) atoms. The number of benzene rings is 3. The van der Waals surface area contributed by atoms with Gasteiger partial charge >= 0.3 is 0 Å². The Bertz CT molecular complexity index is 1220. The largest absolute Gasteiger partial charge is 0.496 e. The Morgan fingerprint density at radius 2 is 1.45 bits per heavy atom. The molecular formula is C24H19Cl2FN2O2. The van der Waals surface area contributed by atoms with Gasteiger partial charge in [0, 0.05) is 21.7 Å². The van der Waals surface area contributed by atoms with Gasteiger partial charge in [0.05, 0.1) is 31.5 Å². The third-order valence-corrected chi connectivity index (χ3v) is 5.70. The lowest BCUT2D eigenvalue weighted by Gasteiger charge is -2.13. The second kappa shape index (κ2) is 9.00. The summed E-state index contributed by atoms with van der Waals surface area (Å²) in [5, 5.41) is 5.46. The lowest BCUT2D eigenvalue weighted by atomic mass is 10.1. The third-order valence-electron chi connectivity index (χ3n) is 4.99. The van der Waals surface area contributed by atoms with E-state index in [0.29, 0.717) is 38.5 Å². The van der Waals surface area contributed by atoms with Crippen LogP contribution in [0, 0.1) is 5.82 Å². The Labute approximate surface area is 189 Å². The second-order valence-electron chi connectivity index (χ2n) is 6.77. The molecule has 7 heteroatoms. The van der Waals surface area contributed by atoms with Crippen LogP contribution in [0.2, 0.25) is 10.0 Å². The minimum atomic E-state index is -0.413. The van der Waals surface area contributed by atoms with Crippen LogP contribution in [0.5, 0.6) is 11.5 Å². The summed E-state index contributed by atoms with van der Waals surface area (Å²) in [4.78, 5) is 0. The zero-order valence-electron chi connectivity index (χ0n) is 16.9. The molecule has 0 saturated heterocycles. The number of aromatic nitrogens is 2. The summed E-state index contributed by atoms with van der Waals surface area (Å²) >= 11 is 13.2. The Morgan fingerprint density at radius 1 is 0.839 bits per heavy atom. The maximum absolute atomic E-state index is 14.6. The highest BCUT2D eigenvalue weighted by molar-refractivity contribution is 6.36. The van der Waals surface area contributed by atoms with Gasteiger partial charge in [0.25, 0.3) is 0 Å². The summed E-state index contributed by atoms with van der Waals surface area (Å²) in [6.45, 7) is 0.0910. The van der Waals surface area contributed by atoms with E-state index in [0.717, 1.165) is 11.1 Å². The minimum Gasteiger partial charge on any atom is -0.496 e. The Kier molecular flexibility index (Phi) is 6.16. The molecule has 1 aromatic heterocycles. The summed E-state index contributed by atoms with van der Waals surface area (Å²) < 4.78 is 27.2. The van der Waals surface area contributed by atoms with Crippen molar-refractivity contribution >= 4 is 23.2 Å². The van der Waals surface area contributed by atoms with E-state index in [1.165, 1.54) is 6.07 Å². The lowest BCUT2D eigenvalue weighted by molar-refractivity contribution is 0.415. The molecule has 4 nitrogen and oxygen atoms in total. The van der Waals surface area contributed by atoms with E-state index in [-0.39, 0.29) is 6.54 Å². The highest BCUT2D eigenvalue weighted by Gasteiger charge is 2.24. The van der Waals surface area contributed by atoms with Crippen molar-refractivity contribution in [2.24, 2.45) is 0 Å². The van der Waals surface area contributed by atoms with Crippen LogP contribution < -0.4 is 9.47 Å². The normalized spacial score (nSPS) is 10.9. The van der Waals surface area contributed by atoms with Crippen molar-refractivity contribution in [2.45, 2.75) is 6.54 Å². The first kappa shape index (κ1) is 21.2. The molecule has 0 atom stereocenters. The Hall–Kier alpha value is -3.02. The number of ether oxygens (including phenoxy) is 2. The van der Waals surface area contributed by atoms with Crippen LogP contribution in [0.4, 0.5) is 4.39 Å². The van der Waals surface area contributed by atoms with E-state index < -0.39 is 5.82 Å². The maximum Gasteiger partial charge on any atom is 0.129 e. The summed E-state index contributed by atoms with van der Waals surface area (Å²) in [6, 6.07) is 19.5. The highest BCUT2D eigenvalue weighted by atomic mass is 35.5. The monoisotopic (exact) mass is 456 g/mol. The number of hydrogen-bond acceptors (Lipinski definition) is 3. The van der Waals surface area contributed by atoms with Gasteiger partial charge in [0.1, 0.15) is 23.0 Å². The molecule has 0 bridgehead atoms. The number of para-hydroxylation sites is 2. The summed E-state index contributed by atoms with van der Waals surface area (Å²) in [6.07, 6.45) is 0. The van der Waals surface area contributed by atoms with E-state index in [1.807, 2.05) is 48.5 Å². The molecule has 0 saturated carbocycles. The van der Waals surface area contributed by atoms with Crippen molar-refractivity contribution in [3.05, 3.63) is 88.2 Å². The maximum atomic E-state index is 14.6. The highest BCUT2D eigenvalue weighted by Crippen LogP contribution is 2.42. The molecule has 3 aromatic carbocycles. The van der Waals surface area contributed by atoms with E-state index in [4.69, 9.17) is 37.8 Å². The van der Waals surface area contributed by atoms with Gasteiger partial charge in [0.15, 0.2) is 0 Å². The molecule has 0 aliphatic rings. The summed E-state index contributed by atoms with van der Waals surface area (Å²) in [5.74, 6) is 0.838. The van der Waals surface area contributed by atoms with Crippen molar-refractivity contribution in [1.82, 2.24) is 9.78 Å². The molecule has 0 amide bonds. The minimum absolute atomic E-state index is 0.0910. The van der Waals surface area contributed by atoms with Crippen LogP contribution in [0.15, 0.2) is 66.7 Å². The van der Waals surface area contributed by atoms with Crippen LogP contribution >= 0.6 is 23.2 Å². The van der Waals surface area contributed by atoms with Gasteiger partial charge in [-0.2, -0.15) is 5.10 Å². The predicted molar refractivity (Wildman–Crippen MR) is 122 cm³/mol. The first-order chi connectivity index (χ1) is 15.0. The van der Waals surface area contributed by atoms with Crippen molar-refractivity contribution < 1.29 is 13.9 Å².